The van der Waals surface area contributed by atoms with E-state index in [4.69, 9.17) is 0 Å². The molecular weight excluding hydrogens is 381 g/mol. The first-order valence-electron chi connectivity index (χ1n) is 9.72. The van der Waals surface area contributed by atoms with E-state index < -0.39 is 23.0 Å². The van der Waals surface area contributed by atoms with Gasteiger partial charge in [0.15, 0.2) is 17.5 Å². The number of carbonyl (C=O) groups is 1. The number of aromatic nitrogens is 2. The highest BCUT2D eigenvalue weighted by Gasteiger charge is 2.21. The minimum atomic E-state index is -1.26. The maximum Gasteiger partial charge on any atom is 0.241 e. The smallest absolute Gasteiger partial charge is 0.241 e. The van der Waals surface area contributed by atoms with Crippen molar-refractivity contribution in [2.75, 3.05) is 25.0 Å². The summed E-state index contributed by atoms with van der Waals surface area (Å²) in [5.41, 5.74) is 0.435. The van der Waals surface area contributed by atoms with Gasteiger partial charge in [0, 0.05) is 29.9 Å². The predicted molar refractivity (Wildman–Crippen MR) is 107 cm³/mol. The van der Waals surface area contributed by atoms with Gasteiger partial charge in [-0.2, -0.15) is 0 Å². The van der Waals surface area contributed by atoms with Gasteiger partial charge in [-0.15, -0.1) is 0 Å². The SMILES string of the molecule is CCCN(CCC)C(=O)CNc1nc(-c2cc(F)c(C)c(F)c2F)nc(C)c1C. The quantitative estimate of drug-likeness (QED) is 0.651. The monoisotopic (exact) mass is 408 g/mol. The molecule has 1 aromatic heterocycles. The van der Waals surface area contributed by atoms with Crippen LogP contribution in [0.2, 0.25) is 0 Å². The second-order valence-electron chi connectivity index (χ2n) is 7.00. The van der Waals surface area contributed by atoms with Gasteiger partial charge in [-0.25, -0.2) is 23.1 Å². The van der Waals surface area contributed by atoms with E-state index in [2.05, 4.69) is 15.3 Å². The molecule has 1 heterocycles. The van der Waals surface area contributed by atoms with Gasteiger partial charge in [-0.3, -0.25) is 4.79 Å². The Morgan fingerprint density at radius 3 is 2.21 bits per heavy atom. The van der Waals surface area contributed by atoms with Crippen LogP contribution in [0.3, 0.4) is 0 Å². The Morgan fingerprint density at radius 2 is 1.62 bits per heavy atom. The number of nitrogens with one attached hydrogen (secondary N) is 1. The number of carbonyl (C=O) groups excluding carboxylic acids is 1. The van der Waals surface area contributed by atoms with Crippen LogP contribution in [-0.4, -0.2) is 40.4 Å². The molecule has 5 nitrogen and oxygen atoms in total. The Balaban J connectivity index is 2.34. The largest absolute Gasteiger partial charge is 0.361 e. The van der Waals surface area contributed by atoms with Gasteiger partial charge < -0.3 is 10.2 Å². The number of aryl methyl sites for hydroxylation is 1. The van der Waals surface area contributed by atoms with Crippen LogP contribution < -0.4 is 5.32 Å². The highest BCUT2D eigenvalue weighted by Crippen LogP contribution is 2.28. The van der Waals surface area contributed by atoms with Crippen molar-refractivity contribution in [3.63, 3.8) is 0 Å². The fourth-order valence-corrected chi connectivity index (χ4v) is 2.94. The first-order valence-corrected chi connectivity index (χ1v) is 9.72. The number of hydrogen-bond donors (Lipinski definition) is 1. The van der Waals surface area contributed by atoms with Crippen molar-refractivity contribution in [1.82, 2.24) is 14.9 Å². The molecule has 0 spiro atoms. The molecule has 0 radical (unpaired) electrons. The van der Waals surface area contributed by atoms with Gasteiger partial charge in [0.2, 0.25) is 5.91 Å². The Labute approximate surface area is 169 Å². The van der Waals surface area contributed by atoms with Crippen LogP contribution >= 0.6 is 0 Å². The Kier molecular flexibility index (Phi) is 7.59. The number of amides is 1. The van der Waals surface area contributed by atoms with Crippen molar-refractivity contribution in [3.05, 3.63) is 40.3 Å². The third-order valence-electron chi connectivity index (χ3n) is 4.76. The molecule has 2 rings (SSSR count). The summed E-state index contributed by atoms with van der Waals surface area (Å²) in [5.74, 6) is -3.23. The summed E-state index contributed by atoms with van der Waals surface area (Å²) >= 11 is 0. The summed E-state index contributed by atoms with van der Waals surface area (Å²) in [6, 6.07) is 0.886. The van der Waals surface area contributed by atoms with Crippen molar-refractivity contribution >= 4 is 11.7 Å². The average molecular weight is 408 g/mol. The lowest BCUT2D eigenvalue weighted by molar-refractivity contribution is -0.129. The maximum atomic E-state index is 14.4. The number of anilines is 1. The van der Waals surface area contributed by atoms with Gasteiger partial charge in [-0.05, 0) is 39.7 Å². The van der Waals surface area contributed by atoms with E-state index in [1.54, 1.807) is 18.7 Å². The lowest BCUT2D eigenvalue weighted by Crippen LogP contribution is -2.37. The highest BCUT2D eigenvalue weighted by molar-refractivity contribution is 5.81. The molecule has 2 aromatic rings. The molecule has 1 amide bonds. The molecule has 29 heavy (non-hydrogen) atoms. The van der Waals surface area contributed by atoms with E-state index in [1.807, 2.05) is 13.8 Å². The molecule has 0 aliphatic carbocycles. The van der Waals surface area contributed by atoms with Crippen molar-refractivity contribution in [2.24, 2.45) is 0 Å². The molecule has 0 aliphatic rings. The van der Waals surface area contributed by atoms with Gasteiger partial charge in [-0.1, -0.05) is 13.8 Å². The molecule has 0 saturated heterocycles. The third-order valence-corrected chi connectivity index (χ3v) is 4.76. The minimum absolute atomic E-state index is 0.00976. The second kappa shape index (κ2) is 9.71. The normalized spacial score (nSPS) is 10.9. The summed E-state index contributed by atoms with van der Waals surface area (Å²) in [7, 11) is 0. The lowest BCUT2D eigenvalue weighted by atomic mass is 10.1. The van der Waals surface area contributed by atoms with Gasteiger partial charge >= 0.3 is 0 Å². The zero-order chi connectivity index (χ0) is 21.7. The Bertz CT molecular complexity index is 896. The molecule has 0 atom stereocenters. The summed E-state index contributed by atoms with van der Waals surface area (Å²) in [6.45, 7) is 9.94. The third kappa shape index (κ3) is 5.05. The molecule has 1 N–H and O–H groups in total. The highest BCUT2D eigenvalue weighted by atomic mass is 19.2. The van der Waals surface area contributed by atoms with Crippen LogP contribution in [0.4, 0.5) is 19.0 Å². The number of benzene rings is 1. The molecule has 0 bridgehead atoms. The average Bonchev–Trinajstić information content (AvgIpc) is 2.69. The molecule has 158 valence electrons. The van der Waals surface area contributed by atoms with E-state index >= 15 is 0 Å². The van der Waals surface area contributed by atoms with Crippen LogP contribution in [0.1, 0.15) is 43.5 Å². The summed E-state index contributed by atoms with van der Waals surface area (Å²) < 4.78 is 42.3. The first kappa shape index (κ1) is 22.6. The van der Waals surface area contributed by atoms with E-state index in [-0.39, 0.29) is 23.8 Å². The van der Waals surface area contributed by atoms with E-state index in [1.165, 1.54) is 0 Å². The summed E-state index contributed by atoms with van der Waals surface area (Å²) in [6.07, 6.45) is 1.71. The van der Waals surface area contributed by atoms with Crippen molar-refractivity contribution < 1.29 is 18.0 Å². The number of halogens is 3. The molecular formula is C21H27F3N4O. The maximum absolute atomic E-state index is 14.4. The van der Waals surface area contributed by atoms with Crippen LogP contribution in [0.15, 0.2) is 6.07 Å². The van der Waals surface area contributed by atoms with Gasteiger partial charge in [0.25, 0.3) is 0 Å². The number of rotatable bonds is 8. The number of nitrogens with zero attached hydrogens (tertiary/aromatic N) is 3. The second-order valence-corrected chi connectivity index (χ2v) is 7.00. The fourth-order valence-electron chi connectivity index (χ4n) is 2.94. The van der Waals surface area contributed by atoms with Gasteiger partial charge in [0.1, 0.15) is 11.6 Å². The number of hydrogen-bond acceptors (Lipinski definition) is 4. The van der Waals surface area contributed by atoms with Crippen LogP contribution in [0, 0.1) is 38.2 Å². The Morgan fingerprint density at radius 1 is 1.00 bits per heavy atom. The molecule has 8 heteroatoms. The van der Waals surface area contributed by atoms with Crippen molar-refractivity contribution in [1.29, 1.82) is 0 Å². The minimum Gasteiger partial charge on any atom is -0.361 e. The summed E-state index contributed by atoms with van der Waals surface area (Å²) in [4.78, 5) is 22.7. The van der Waals surface area contributed by atoms with Crippen molar-refractivity contribution in [3.8, 4) is 11.4 Å². The molecule has 1 aromatic carbocycles. The standard InChI is InChI=1S/C21H27F3N4O/c1-6-8-28(9-7-2)17(29)11-25-20-12(3)14(5)26-21(27-20)15-10-16(22)13(4)18(23)19(15)24/h10H,6-9,11H2,1-5H3,(H,25,26,27). The molecule has 0 fully saturated rings. The van der Waals surface area contributed by atoms with Crippen molar-refractivity contribution in [2.45, 2.75) is 47.5 Å². The van der Waals surface area contributed by atoms with E-state index in [0.717, 1.165) is 25.8 Å². The summed E-state index contributed by atoms with van der Waals surface area (Å²) in [5, 5.41) is 2.97. The van der Waals surface area contributed by atoms with Crippen LogP contribution in [-0.2, 0) is 4.79 Å². The predicted octanol–water partition coefficient (Wildman–Crippen LogP) is 4.55. The first-order chi connectivity index (χ1) is 13.7. The zero-order valence-corrected chi connectivity index (χ0v) is 17.5. The lowest BCUT2D eigenvalue weighted by Gasteiger charge is -2.22. The Hall–Kier alpha value is -2.64. The van der Waals surface area contributed by atoms with Crippen LogP contribution in [0.5, 0.6) is 0 Å². The topological polar surface area (TPSA) is 58.1 Å². The van der Waals surface area contributed by atoms with E-state index in [9.17, 15) is 18.0 Å². The molecule has 0 aliphatic heterocycles. The van der Waals surface area contributed by atoms with Gasteiger partial charge in [0.05, 0.1) is 12.1 Å². The fraction of sp³-hybridized carbons (Fsp3) is 0.476. The molecule has 0 unspecified atom stereocenters. The van der Waals surface area contributed by atoms with Crippen LogP contribution in [0.25, 0.3) is 11.4 Å². The van der Waals surface area contributed by atoms with E-state index in [0.29, 0.717) is 30.2 Å². The zero-order valence-electron chi connectivity index (χ0n) is 17.5. The molecule has 0 saturated carbocycles.